The number of likely N-dealkylation sites (tertiary alicyclic amines) is 1. The molecule has 1 aliphatic rings. The summed E-state index contributed by atoms with van der Waals surface area (Å²) in [7, 11) is 0. The van der Waals surface area contributed by atoms with Gasteiger partial charge in [-0.2, -0.15) is 0 Å². The summed E-state index contributed by atoms with van der Waals surface area (Å²) in [4.78, 5) is 14.3. The van der Waals surface area contributed by atoms with E-state index in [0.717, 1.165) is 25.9 Å². The van der Waals surface area contributed by atoms with Crippen molar-refractivity contribution in [2.24, 2.45) is 11.7 Å². The molecule has 0 aliphatic carbocycles. The first-order chi connectivity index (χ1) is 7.95. The molecule has 3 N–H and O–H groups in total. The highest BCUT2D eigenvalue weighted by Gasteiger charge is 2.32. The lowest BCUT2D eigenvalue weighted by Crippen LogP contribution is -2.48. The first-order valence-corrected chi connectivity index (χ1v) is 6.75. The van der Waals surface area contributed by atoms with Crippen LogP contribution in [-0.2, 0) is 4.79 Å². The maximum absolute atomic E-state index is 11.9. The lowest BCUT2D eigenvalue weighted by atomic mass is 10.1. The molecule has 1 rings (SSSR count). The highest BCUT2D eigenvalue weighted by atomic mass is 16.2. The van der Waals surface area contributed by atoms with Crippen LogP contribution in [-0.4, -0.2) is 42.0 Å². The Labute approximate surface area is 105 Å². The quantitative estimate of drug-likeness (QED) is 0.754. The van der Waals surface area contributed by atoms with E-state index in [4.69, 9.17) is 5.73 Å². The summed E-state index contributed by atoms with van der Waals surface area (Å²) in [5.74, 6) is 0.518. The average Bonchev–Trinajstić information content (AvgIpc) is 2.61. The van der Waals surface area contributed by atoms with Gasteiger partial charge in [0.05, 0.1) is 6.04 Å². The van der Waals surface area contributed by atoms with Crippen molar-refractivity contribution in [1.29, 1.82) is 0 Å². The van der Waals surface area contributed by atoms with E-state index in [-0.39, 0.29) is 18.0 Å². The SMILES string of the molecule is CCCC(N)C(=O)NC1CN(C(C)C)CC1C. The monoisotopic (exact) mass is 241 g/mol. The molecule has 0 radical (unpaired) electrons. The van der Waals surface area contributed by atoms with Crippen molar-refractivity contribution in [3.63, 3.8) is 0 Å². The molecule has 3 unspecified atom stereocenters. The molecular formula is C13H27N3O. The second kappa shape index (κ2) is 6.36. The largest absolute Gasteiger partial charge is 0.350 e. The number of nitrogens with zero attached hydrogens (tertiary/aromatic N) is 1. The first-order valence-electron chi connectivity index (χ1n) is 6.75. The van der Waals surface area contributed by atoms with E-state index >= 15 is 0 Å². The molecule has 0 aromatic rings. The molecule has 100 valence electrons. The predicted molar refractivity (Wildman–Crippen MR) is 70.7 cm³/mol. The Morgan fingerprint density at radius 3 is 2.59 bits per heavy atom. The Morgan fingerprint density at radius 1 is 1.47 bits per heavy atom. The molecule has 1 heterocycles. The molecule has 1 fully saturated rings. The van der Waals surface area contributed by atoms with Crippen LogP contribution in [0.15, 0.2) is 0 Å². The Kier molecular flexibility index (Phi) is 5.40. The lowest BCUT2D eigenvalue weighted by molar-refractivity contribution is -0.123. The fourth-order valence-electron chi connectivity index (χ4n) is 2.35. The summed E-state index contributed by atoms with van der Waals surface area (Å²) < 4.78 is 0. The van der Waals surface area contributed by atoms with E-state index in [1.165, 1.54) is 0 Å². The van der Waals surface area contributed by atoms with Gasteiger partial charge in [-0.15, -0.1) is 0 Å². The minimum absolute atomic E-state index is 0.00862. The Morgan fingerprint density at radius 2 is 2.12 bits per heavy atom. The Hall–Kier alpha value is -0.610. The maximum atomic E-state index is 11.9. The number of hydrogen-bond acceptors (Lipinski definition) is 3. The van der Waals surface area contributed by atoms with Crippen molar-refractivity contribution in [2.75, 3.05) is 13.1 Å². The van der Waals surface area contributed by atoms with E-state index in [1.807, 2.05) is 6.92 Å². The molecule has 3 atom stereocenters. The van der Waals surface area contributed by atoms with Gasteiger partial charge in [-0.25, -0.2) is 0 Å². The zero-order valence-electron chi connectivity index (χ0n) is 11.6. The summed E-state index contributed by atoms with van der Waals surface area (Å²) in [5.41, 5.74) is 5.82. The molecule has 1 saturated heterocycles. The van der Waals surface area contributed by atoms with E-state index < -0.39 is 0 Å². The number of amides is 1. The van der Waals surface area contributed by atoms with Crippen molar-refractivity contribution in [1.82, 2.24) is 10.2 Å². The summed E-state index contributed by atoms with van der Waals surface area (Å²) in [5, 5.41) is 3.09. The zero-order valence-corrected chi connectivity index (χ0v) is 11.6. The molecule has 4 heteroatoms. The molecule has 0 saturated carbocycles. The average molecular weight is 241 g/mol. The number of rotatable bonds is 5. The van der Waals surface area contributed by atoms with Gasteiger partial charge in [0.15, 0.2) is 0 Å². The van der Waals surface area contributed by atoms with Crippen LogP contribution in [0.25, 0.3) is 0 Å². The van der Waals surface area contributed by atoms with Crippen molar-refractivity contribution in [2.45, 2.75) is 58.7 Å². The minimum Gasteiger partial charge on any atom is -0.350 e. The van der Waals surface area contributed by atoms with Gasteiger partial charge in [-0.3, -0.25) is 9.69 Å². The Bertz CT molecular complexity index is 255. The van der Waals surface area contributed by atoms with Crippen LogP contribution in [0.4, 0.5) is 0 Å². The number of nitrogens with one attached hydrogen (secondary N) is 1. The number of carbonyl (C=O) groups excluding carboxylic acids is 1. The van der Waals surface area contributed by atoms with Gasteiger partial charge >= 0.3 is 0 Å². The topological polar surface area (TPSA) is 58.4 Å². The third kappa shape index (κ3) is 3.96. The molecule has 4 nitrogen and oxygen atoms in total. The summed E-state index contributed by atoms with van der Waals surface area (Å²) in [6.45, 7) is 10.6. The van der Waals surface area contributed by atoms with Crippen LogP contribution in [0, 0.1) is 5.92 Å². The van der Waals surface area contributed by atoms with Crippen LogP contribution < -0.4 is 11.1 Å². The van der Waals surface area contributed by atoms with Gasteiger partial charge in [0.2, 0.25) is 5.91 Å². The molecule has 0 spiro atoms. The highest BCUT2D eigenvalue weighted by Crippen LogP contribution is 2.18. The van der Waals surface area contributed by atoms with Gasteiger partial charge in [-0.1, -0.05) is 20.3 Å². The van der Waals surface area contributed by atoms with Gasteiger partial charge < -0.3 is 11.1 Å². The highest BCUT2D eigenvalue weighted by molar-refractivity contribution is 5.81. The van der Waals surface area contributed by atoms with Crippen LogP contribution in [0.5, 0.6) is 0 Å². The van der Waals surface area contributed by atoms with Crippen LogP contribution in [0.3, 0.4) is 0 Å². The smallest absolute Gasteiger partial charge is 0.237 e. The molecule has 1 amide bonds. The van der Waals surface area contributed by atoms with Crippen LogP contribution in [0.2, 0.25) is 0 Å². The van der Waals surface area contributed by atoms with E-state index in [9.17, 15) is 4.79 Å². The van der Waals surface area contributed by atoms with Crippen molar-refractivity contribution in [3.05, 3.63) is 0 Å². The molecule has 0 aromatic carbocycles. The zero-order chi connectivity index (χ0) is 13.0. The molecular weight excluding hydrogens is 214 g/mol. The summed E-state index contributed by atoms with van der Waals surface area (Å²) in [6.07, 6.45) is 1.72. The number of carbonyl (C=O) groups is 1. The van der Waals surface area contributed by atoms with Gasteiger partial charge in [0.1, 0.15) is 0 Å². The third-order valence-corrected chi connectivity index (χ3v) is 3.63. The maximum Gasteiger partial charge on any atom is 0.237 e. The van der Waals surface area contributed by atoms with Gasteiger partial charge in [0, 0.05) is 25.2 Å². The normalized spacial score (nSPS) is 27.4. The minimum atomic E-state index is -0.347. The van der Waals surface area contributed by atoms with E-state index in [0.29, 0.717) is 12.0 Å². The second-order valence-electron chi connectivity index (χ2n) is 5.54. The molecule has 1 aliphatic heterocycles. The van der Waals surface area contributed by atoms with Gasteiger partial charge in [-0.05, 0) is 26.2 Å². The fraction of sp³-hybridized carbons (Fsp3) is 0.923. The summed E-state index contributed by atoms with van der Waals surface area (Å²) in [6, 6.07) is 0.455. The van der Waals surface area contributed by atoms with Crippen molar-refractivity contribution >= 4 is 5.91 Å². The van der Waals surface area contributed by atoms with Gasteiger partial charge in [0.25, 0.3) is 0 Å². The third-order valence-electron chi connectivity index (χ3n) is 3.63. The Balaban J connectivity index is 2.44. The second-order valence-corrected chi connectivity index (χ2v) is 5.54. The predicted octanol–water partition coefficient (Wildman–Crippen LogP) is 0.959. The van der Waals surface area contributed by atoms with E-state index in [2.05, 4.69) is 31.0 Å². The fourth-order valence-corrected chi connectivity index (χ4v) is 2.35. The number of hydrogen-bond donors (Lipinski definition) is 2. The van der Waals surface area contributed by atoms with Crippen LogP contribution in [0.1, 0.15) is 40.5 Å². The standard InChI is InChI=1S/C13H27N3O/c1-5-6-11(14)13(17)15-12-8-16(9(2)3)7-10(12)4/h9-12H,5-8,14H2,1-4H3,(H,15,17). The molecule has 0 bridgehead atoms. The van der Waals surface area contributed by atoms with Crippen LogP contribution >= 0.6 is 0 Å². The molecule has 0 aromatic heterocycles. The molecule has 17 heavy (non-hydrogen) atoms. The number of nitrogens with two attached hydrogens (primary N) is 1. The lowest BCUT2D eigenvalue weighted by Gasteiger charge is -2.21. The summed E-state index contributed by atoms with van der Waals surface area (Å²) >= 11 is 0. The van der Waals surface area contributed by atoms with Crippen molar-refractivity contribution in [3.8, 4) is 0 Å². The first kappa shape index (κ1) is 14.5. The van der Waals surface area contributed by atoms with Crippen molar-refractivity contribution < 1.29 is 4.79 Å². The van der Waals surface area contributed by atoms with E-state index in [1.54, 1.807) is 0 Å².